The molecule has 4 rings (SSSR count). The van der Waals surface area contributed by atoms with Crippen LogP contribution in [0.1, 0.15) is 42.5 Å². The number of alkyl halides is 1. The van der Waals surface area contributed by atoms with Crippen molar-refractivity contribution in [2.24, 2.45) is 12.5 Å². The van der Waals surface area contributed by atoms with E-state index in [1.54, 1.807) is 29.0 Å². The molecule has 0 unspecified atom stereocenters. The van der Waals surface area contributed by atoms with E-state index in [0.29, 0.717) is 31.5 Å². The number of hydrogen-bond donors (Lipinski definition) is 1. The zero-order valence-corrected chi connectivity index (χ0v) is 13.2. The van der Waals surface area contributed by atoms with E-state index in [9.17, 15) is 14.0 Å². The van der Waals surface area contributed by atoms with E-state index in [2.05, 4.69) is 10.4 Å². The standard InChI is InChI=1S/C16H21FN4O2/c1-20-9-11(8-18-20)13(22)19-12-6-15(7-12)4-5-21(10-15)14(23)16(17)2-3-16/h8-9,12H,2-7,10H2,1H3,(H,19,22). The molecule has 0 bridgehead atoms. The molecule has 1 spiro atoms. The highest BCUT2D eigenvalue weighted by atomic mass is 19.1. The second kappa shape index (κ2) is 4.79. The van der Waals surface area contributed by atoms with Crippen LogP contribution >= 0.6 is 0 Å². The second-order valence-corrected chi connectivity index (χ2v) is 7.42. The average Bonchev–Trinajstić information content (AvgIpc) is 2.90. The van der Waals surface area contributed by atoms with Crippen molar-refractivity contribution in [1.29, 1.82) is 0 Å². The lowest BCUT2D eigenvalue weighted by molar-refractivity contribution is -0.137. The maximum absolute atomic E-state index is 13.9. The lowest BCUT2D eigenvalue weighted by Gasteiger charge is -2.45. The number of likely N-dealkylation sites (tertiary alicyclic amines) is 1. The van der Waals surface area contributed by atoms with Gasteiger partial charge in [-0.3, -0.25) is 14.3 Å². The van der Waals surface area contributed by atoms with Gasteiger partial charge in [0.25, 0.3) is 11.8 Å². The maximum Gasteiger partial charge on any atom is 0.260 e. The van der Waals surface area contributed by atoms with Crippen LogP contribution in [0, 0.1) is 5.41 Å². The lowest BCUT2D eigenvalue weighted by atomic mass is 9.65. The van der Waals surface area contributed by atoms with Gasteiger partial charge in [-0.1, -0.05) is 0 Å². The highest BCUT2D eigenvalue weighted by Crippen LogP contribution is 2.50. The van der Waals surface area contributed by atoms with Gasteiger partial charge in [0.2, 0.25) is 0 Å². The Labute approximate surface area is 134 Å². The first-order valence-corrected chi connectivity index (χ1v) is 8.17. The number of rotatable bonds is 3. The number of carbonyl (C=O) groups is 2. The van der Waals surface area contributed by atoms with Crippen molar-refractivity contribution in [2.75, 3.05) is 13.1 Å². The van der Waals surface area contributed by atoms with Gasteiger partial charge in [-0.05, 0) is 37.5 Å². The minimum atomic E-state index is -1.57. The fourth-order valence-corrected chi connectivity index (χ4v) is 3.94. The Kier molecular flexibility index (Phi) is 3.05. The Balaban J connectivity index is 1.30. The molecule has 2 amide bonds. The number of aryl methyl sites for hydroxylation is 1. The molecular formula is C16H21FN4O2. The largest absolute Gasteiger partial charge is 0.349 e. The van der Waals surface area contributed by atoms with Crippen LogP contribution in [-0.4, -0.2) is 51.3 Å². The molecule has 1 aromatic heterocycles. The van der Waals surface area contributed by atoms with Gasteiger partial charge < -0.3 is 10.2 Å². The van der Waals surface area contributed by atoms with Gasteiger partial charge in [-0.25, -0.2) is 4.39 Å². The third-order valence-corrected chi connectivity index (χ3v) is 5.46. The predicted molar refractivity (Wildman–Crippen MR) is 80.4 cm³/mol. The van der Waals surface area contributed by atoms with Crippen LogP contribution in [0.3, 0.4) is 0 Å². The molecule has 23 heavy (non-hydrogen) atoms. The Morgan fingerprint density at radius 3 is 2.70 bits per heavy atom. The molecular weight excluding hydrogens is 299 g/mol. The molecule has 2 heterocycles. The number of nitrogens with one attached hydrogen (secondary N) is 1. The molecule has 0 radical (unpaired) electrons. The third-order valence-electron chi connectivity index (χ3n) is 5.46. The zero-order valence-electron chi connectivity index (χ0n) is 13.2. The predicted octanol–water partition coefficient (Wildman–Crippen LogP) is 1.03. The number of hydrogen-bond acceptors (Lipinski definition) is 3. The maximum atomic E-state index is 13.9. The van der Waals surface area contributed by atoms with Gasteiger partial charge in [0.05, 0.1) is 11.8 Å². The average molecular weight is 320 g/mol. The fraction of sp³-hybridized carbons (Fsp3) is 0.688. The Morgan fingerprint density at radius 2 is 2.09 bits per heavy atom. The molecule has 1 aliphatic heterocycles. The van der Waals surface area contributed by atoms with E-state index in [0.717, 1.165) is 19.3 Å². The fourth-order valence-electron chi connectivity index (χ4n) is 3.94. The monoisotopic (exact) mass is 320 g/mol. The van der Waals surface area contributed by atoms with Crippen molar-refractivity contribution < 1.29 is 14.0 Å². The van der Waals surface area contributed by atoms with Crippen molar-refractivity contribution in [3.8, 4) is 0 Å². The van der Waals surface area contributed by atoms with Crippen LogP contribution in [0.15, 0.2) is 12.4 Å². The summed E-state index contributed by atoms with van der Waals surface area (Å²) in [6.07, 6.45) is 6.63. The van der Waals surface area contributed by atoms with Crippen LogP contribution < -0.4 is 5.32 Å². The number of amides is 2. The van der Waals surface area contributed by atoms with Crippen molar-refractivity contribution in [3.63, 3.8) is 0 Å². The molecule has 1 aromatic rings. The molecule has 7 heteroatoms. The number of carbonyl (C=O) groups excluding carboxylic acids is 2. The molecule has 2 aliphatic carbocycles. The summed E-state index contributed by atoms with van der Waals surface area (Å²) in [7, 11) is 1.77. The first kappa shape index (κ1) is 14.7. The van der Waals surface area contributed by atoms with Gasteiger partial charge in [-0.15, -0.1) is 0 Å². The van der Waals surface area contributed by atoms with E-state index < -0.39 is 5.67 Å². The summed E-state index contributed by atoms with van der Waals surface area (Å²) < 4.78 is 15.5. The lowest BCUT2D eigenvalue weighted by Crippen LogP contribution is -2.52. The zero-order chi connectivity index (χ0) is 16.2. The second-order valence-electron chi connectivity index (χ2n) is 7.42. The minimum absolute atomic E-state index is 0.0772. The van der Waals surface area contributed by atoms with Crippen LogP contribution in [0.4, 0.5) is 4.39 Å². The molecule has 3 fully saturated rings. The van der Waals surface area contributed by atoms with Gasteiger partial charge in [0, 0.05) is 32.4 Å². The van der Waals surface area contributed by atoms with E-state index in [1.807, 2.05) is 0 Å². The summed E-state index contributed by atoms with van der Waals surface area (Å²) in [5, 5.41) is 7.01. The van der Waals surface area contributed by atoms with Crippen LogP contribution in [0.5, 0.6) is 0 Å². The summed E-state index contributed by atoms with van der Waals surface area (Å²) in [5.74, 6) is -0.429. The van der Waals surface area contributed by atoms with Gasteiger partial charge in [0.1, 0.15) is 0 Å². The van der Waals surface area contributed by atoms with Crippen LogP contribution in [0.25, 0.3) is 0 Å². The summed E-state index contributed by atoms with van der Waals surface area (Å²) in [5.41, 5.74) is -0.929. The first-order chi connectivity index (χ1) is 10.9. The summed E-state index contributed by atoms with van der Waals surface area (Å²) in [6.45, 7) is 1.28. The SMILES string of the molecule is Cn1cc(C(=O)NC2CC3(CCN(C(=O)C4(F)CC4)C3)C2)cn1. The van der Waals surface area contributed by atoms with Crippen molar-refractivity contribution >= 4 is 11.8 Å². The summed E-state index contributed by atoms with van der Waals surface area (Å²) in [6, 6.07) is 0.137. The first-order valence-electron chi connectivity index (χ1n) is 8.17. The molecule has 2 saturated carbocycles. The Morgan fingerprint density at radius 1 is 1.35 bits per heavy atom. The van der Waals surface area contributed by atoms with E-state index in [4.69, 9.17) is 0 Å². The van der Waals surface area contributed by atoms with E-state index in [1.165, 1.54) is 0 Å². The van der Waals surface area contributed by atoms with Crippen LogP contribution in [0.2, 0.25) is 0 Å². The smallest absolute Gasteiger partial charge is 0.260 e. The molecule has 6 nitrogen and oxygen atoms in total. The minimum Gasteiger partial charge on any atom is -0.349 e. The van der Waals surface area contributed by atoms with E-state index in [-0.39, 0.29) is 23.3 Å². The molecule has 3 aliphatic rings. The van der Waals surface area contributed by atoms with Gasteiger partial charge in [0.15, 0.2) is 5.67 Å². The molecule has 0 atom stereocenters. The highest BCUT2D eigenvalue weighted by molar-refractivity contribution is 5.94. The molecule has 124 valence electrons. The molecule has 0 aromatic carbocycles. The molecule has 1 saturated heterocycles. The van der Waals surface area contributed by atoms with Crippen molar-refractivity contribution in [3.05, 3.63) is 18.0 Å². The normalized spacial score (nSPS) is 31.0. The van der Waals surface area contributed by atoms with Gasteiger partial charge in [-0.2, -0.15) is 5.10 Å². The van der Waals surface area contributed by atoms with Crippen molar-refractivity contribution in [2.45, 2.75) is 43.8 Å². The summed E-state index contributed by atoms with van der Waals surface area (Å²) in [4.78, 5) is 25.9. The third kappa shape index (κ3) is 2.52. The highest BCUT2D eigenvalue weighted by Gasteiger charge is 2.57. The van der Waals surface area contributed by atoms with Gasteiger partial charge >= 0.3 is 0 Å². The summed E-state index contributed by atoms with van der Waals surface area (Å²) >= 11 is 0. The molecule has 1 N–H and O–H groups in total. The number of aromatic nitrogens is 2. The van der Waals surface area contributed by atoms with E-state index >= 15 is 0 Å². The quantitative estimate of drug-likeness (QED) is 0.905. The van der Waals surface area contributed by atoms with Crippen molar-refractivity contribution in [1.82, 2.24) is 20.0 Å². The van der Waals surface area contributed by atoms with Crippen LogP contribution in [-0.2, 0) is 11.8 Å². The number of halogens is 1. The Bertz CT molecular complexity index is 661. The number of nitrogens with zero attached hydrogens (tertiary/aromatic N) is 3. The Hall–Kier alpha value is -1.92. The topological polar surface area (TPSA) is 67.2 Å².